The molecule has 3 aliphatic heterocycles. The quantitative estimate of drug-likeness (QED) is 0.471. The first-order valence-electron chi connectivity index (χ1n) is 11.5. The fourth-order valence-corrected chi connectivity index (χ4v) is 4.32. The van der Waals surface area contributed by atoms with E-state index in [9.17, 15) is 23.2 Å². The maximum absolute atomic E-state index is 15.1. The Labute approximate surface area is 203 Å². The molecule has 10 nitrogen and oxygen atoms in total. The molecular formula is C22H25F4N5O5. The van der Waals surface area contributed by atoms with Crippen molar-refractivity contribution in [2.45, 2.75) is 25.4 Å². The van der Waals surface area contributed by atoms with Gasteiger partial charge in [0, 0.05) is 31.1 Å². The molecule has 0 aromatic heterocycles. The second-order valence-corrected chi connectivity index (χ2v) is 8.49. The van der Waals surface area contributed by atoms with Gasteiger partial charge in [0.25, 0.3) is 0 Å². The molecule has 0 aliphatic carbocycles. The van der Waals surface area contributed by atoms with E-state index in [1.165, 1.54) is 9.96 Å². The molecule has 3 amide bonds. The molecule has 3 fully saturated rings. The van der Waals surface area contributed by atoms with Crippen molar-refractivity contribution >= 4 is 35.5 Å². The third kappa shape index (κ3) is 5.75. The van der Waals surface area contributed by atoms with Crippen LogP contribution >= 0.6 is 0 Å². The summed E-state index contributed by atoms with van der Waals surface area (Å²) in [6, 6.07) is 1.90. The number of amides is 3. The van der Waals surface area contributed by atoms with Crippen LogP contribution in [0.25, 0.3) is 0 Å². The lowest BCUT2D eigenvalue weighted by atomic mass is 9.97. The first kappa shape index (κ1) is 25.8. The van der Waals surface area contributed by atoms with Gasteiger partial charge >= 0.3 is 18.4 Å². The zero-order valence-electron chi connectivity index (χ0n) is 19.2. The van der Waals surface area contributed by atoms with Gasteiger partial charge in [0.2, 0.25) is 5.91 Å². The standard InChI is InChI=1S/C22H25F4N5O5/c23-16-9-14(30-12-15(36-22(30)34)11-28-20(32)19(25)26)10-17(24)18(16)29-5-6-31(35-8-7-29)21(33)13-1-3-27-4-2-13/h9-11,13,15,19,27H,1-8,12H2. The molecule has 0 bridgehead atoms. The van der Waals surface area contributed by atoms with Crippen LogP contribution in [0.5, 0.6) is 0 Å². The largest absolute Gasteiger partial charge is 0.438 e. The van der Waals surface area contributed by atoms with E-state index in [1.54, 1.807) is 0 Å². The number of hydrogen-bond acceptors (Lipinski definition) is 7. The number of halogens is 4. The number of cyclic esters (lactones) is 1. The monoisotopic (exact) mass is 515 g/mol. The normalized spacial score (nSPS) is 21.9. The highest BCUT2D eigenvalue weighted by Crippen LogP contribution is 2.31. The number of hydrogen-bond donors (Lipinski definition) is 1. The van der Waals surface area contributed by atoms with Crippen LogP contribution in [0.15, 0.2) is 17.1 Å². The molecule has 0 radical (unpaired) electrons. The first-order chi connectivity index (χ1) is 17.2. The second-order valence-electron chi connectivity index (χ2n) is 8.49. The van der Waals surface area contributed by atoms with Crippen molar-refractivity contribution in [2.75, 3.05) is 55.7 Å². The Morgan fingerprint density at radius 2 is 1.81 bits per heavy atom. The molecule has 14 heteroatoms. The van der Waals surface area contributed by atoms with Gasteiger partial charge in [-0.3, -0.25) is 19.3 Å². The average Bonchev–Trinajstić information content (AvgIpc) is 3.06. The second kappa shape index (κ2) is 11.2. The number of anilines is 2. The van der Waals surface area contributed by atoms with Crippen molar-refractivity contribution in [1.29, 1.82) is 0 Å². The van der Waals surface area contributed by atoms with Gasteiger partial charge in [-0.15, -0.1) is 0 Å². The number of piperidine rings is 1. The van der Waals surface area contributed by atoms with E-state index in [4.69, 9.17) is 9.57 Å². The van der Waals surface area contributed by atoms with Crippen LogP contribution < -0.4 is 15.1 Å². The number of benzene rings is 1. The summed E-state index contributed by atoms with van der Waals surface area (Å²) in [6.45, 7) is 1.64. The topological polar surface area (TPSA) is 104 Å². The summed E-state index contributed by atoms with van der Waals surface area (Å²) in [5.41, 5.74) is -0.477. The fourth-order valence-electron chi connectivity index (χ4n) is 4.32. The molecule has 196 valence electrons. The van der Waals surface area contributed by atoms with Crippen molar-refractivity contribution in [2.24, 2.45) is 10.9 Å². The Balaban J connectivity index is 1.42. The molecule has 1 N–H and O–H groups in total. The molecule has 1 atom stereocenters. The zero-order valence-corrected chi connectivity index (χ0v) is 19.2. The number of hydroxylamine groups is 2. The van der Waals surface area contributed by atoms with Gasteiger partial charge in [-0.2, -0.15) is 8.78 Å². The molecule has 1 aromatic carbocycles. The number of ether oxygens (including phenoxy) is 1. The maximum atomic E-state index is 15.1. The van der Waals surface area contributed by atoms with Gasteiger partial charge < -0.3 is 15.0 Å². The van der Waals surface area contributed by atoms with Crippen LogP contribution in [-0.2, 0) is 19.2 Å². The number of carbonyl (C=O) groups is 3. The summed E-state index contributed by atoms with van der Waals surface area (Å²) in [4.78, 5) is 46.7. The smallest absolute Gasteiger partial charge is 0.415 e. The fraction of sp³-hybridized carbons (Fsp3) is 0.545. The molecule has 0 saturated carbocycles. The SMILES string of the molecule is O=C(N=CC1CN(c2cc(F)c(N3CCON(C(=O)C4CCNCC4)CC3)c(F)c2)C(=O)O1)C(F)F. The van der Waals surface area contributed by atoms with Gasteiger partial charge in [0.1, 0.15) is 5.69 Å². The molecule has 4 rings (SSSR count). The van der Waals surface area contributed by atoms with Gasteiger partial charge in [-0.25, -0.2) is 23.6 Å². The lowest BCUT2D eigenvalue weighted by Crippen LogP contribution is -2.42. The first-order valence-corrected chi connectivity index (χ1v) is 11.5. The Bertz CT molecular complexity index is 1010. The number of aliphatic imine (C=N–C) groups is 1. The van der Waals surface area contributed by atoms with Crippen molar-refractivity contribution in [3.63, 3.8) is 0 Å². The molecule has 3 saturated heterocycles. The minimum Gasteiger partial charge on any atom is -0.438 e. The van der Waals surface area contributed by atoms with Crippen molar-refractivity contribution in [3.05, 3.63) is 23.8 Å². The number of alkyl halides is 2. The summed E-state index contributed by atoms with van der Waals surface area (Å²) in [7, 11) is 0. The highest BCUT2D eigenvalue weighted by Gasteiger charge is 2.34. The summed E-state index contributed by atoms with van der Waals surface area (Å²) >= 11 is 0. The lowest BCUT2D eigenvalue weighted by Gasteiger charge is -2.28. The Hall–Kier alpha value is -3.26. The van der Waals surface area contributed by atoms with E-state index in [2.05, 4.69) is 10.3 Å². The van der Waals surface area contributed by atoms with E-state index >= 15 is 8.78 Å². The van der Waals surface area contributed by atoms with Gasteiger partial charge in [0.05, 0.1) is 31.6 Å². The van der Waals surface area contributed by atoms with Crippen LogP contribution in [0, 0.1) is 17.6 Å². The average molecular weight is 515 g/mol. The van der Waals surface area contributed by atoms with Crippen molar-refractivity contribution in [3.8, 4) is 0 Å². The van der Waals surface area contributed by atoms with Crippen LogP contribution in [0.4, 0.5) is 33.7 Å². The number of rotatable bonds is 5. The van der Waals surface area contributed by atoms with E-state index in [1.807, 2.05) is 0 Å². The predicted molar refractivity (Wildman–Crippen MR) is 119 cm³/mol. The van der Waals surface area contributed by atoms with Gasteiger partial charge in [0.15, 0.2) is 17.7 Å². The summed E-state index contributed by atoms with van der Waals surface area (Å²) < 4.78 is 59.6. The minimum atomic E-state index is -3.30. The van der Waals surface area contributed by atoms with Crippen LogP contribution in [0.1, 0.15) is 12.8 Å². The number of nitrogens with one attached hydrogen (secondary N) is 1. The van der Waals surface area contributed by atoms with Crippen LogP contribution in [0.2, 0.25) is 0 Å². The highest BCUT2D eigenvalue weighted by molar-refractivity contribution is 5.95. The Morgan fingerprint density at radius 1 is 1.11 bits per heavy atom. The summed E-state index contributed by atoms with van der Waals surface area (Å²) in [5, 5.41) is 4.45. The van der Waals surface area contributed by atoms with E-state index in [0.717, 1.165) is 36.3 Å². The Morgan fingerprint density at radius 3 is 2.47 bits per heavy atom. The third-order valence-electron chi connectivity index (χ3n) is 6.13. The minimum absolute atomic E-state index is 0.0497. The van der Waals surface area contributed by atoms with Crippen molar-refractivity contribution < 1.29 is 41.5 Å². The molecule has 1 unspecified atom stereocenters. The van der Waals surface area contributed by atoms with Crippen LogP contribution in [-0.4, -0.2) is 87.6 Å². The molecular weight excluding hydrogens is 490 g/mol. The van der Waals surface area contributed by atoms with Crippen molar-refractivity contribution in [1.82, 2.24) is 10.4 Å². The molecule has 36 heavy (non-hydrogen) atoms. The maximum Gasteiger partial charge on any atom is 0.415 e. The van der Waals surface area contributed by atoms with Gasteiger partial charge in [-0.05, 0) is 25.9 Å². The third-order valence-corrected chi connectivity index (χ3v) is 6.13. The lowest BCUT2D eigenvalue weighted by molar-refractivity contribution is -0.187. The Kier molecular flexibility index (Phi) is 8.04. The van der Waals surface area contributed by atoms with E-state index < -0.39 is 36.2 Å². The van der Waals surface area contributed by atoms with E-state index in [-0.39, 0.29) is 56.0 Å². The highest BCUT2D eigenvalue weighted by atomic mass is 19.3. The summed E-state index contributed by atoms with van der Waals surface area (Å²) in [5.74, 6) is -3.88. The molecule has 3 heterocycles. The molecule has 1 aromatic rings. The predicted octanol–water partition coefficient (Wildman–Crippen LogP) is 1.73. The summed E-state index contributed by atoms with van der Waals surface area (Å²) in [6.07, 6.45) is -3.27. The number of nitrogens with zero attached hydrogens (tertiary/aromatic N) is 4. The zero-order chi connectivity index (χ0) is 25.8. The van der Waals surface area contributed by atoms with E-state index in [0.29, 0.717) is 12.8 Å². The molecule has 3 aliphatic rings. The van der Waals surface area contributed by atoms with Gasteiger partial charge in [-0.1, -0.05) is 0 Å². The number of carbonyl (C=O) groups excluding carboxylic acids is 3. The van der Waals surface area contributed by atoms with Crippen LogP contribution in [0.3, 0.4) is 0 Å². The molecule has 0 spiro atoms.